The predicted octanol–water partition coefficient (Wildman–Crippen LogP) is 1.71. The third-order valence-corrected chi connectivity index (χ3v) is 4.22. The Hall–Kier alpha value is -0.350. The van der Waals surface area contributed by atoms with Crippen LogP contribution in [0.15, 0.2) is 10.7 Å². The minimum absolute atomic E-state index is 0.0836. The quantitative estimate of drug-likeness (QED) is 0.875. The molecule has 0 unspecified atom stereocenters. The van der Waals surface area contributed by atoms with E-state index < -0.39 is 0 Å². The van der Waals surface area contributed by atoms with Crippen LogP contribution in [0.4, 0.5) is 0 Å². The molecule has 2 saturated carbocycles. The molecule has 0 radical (unpaired) electrons. The van der Waals surface area contributed by atoms with Gasteiger partial charge in [-0.05, 0) is 47.7 Å². The minimum atomic E-state index is 0.0836. The van der Waals surface area contributed by atoms with Crippen LogP contribution in [0.5, 0.6) is 0 Å². The average Bonchev–Trinajstić information content (AvgIpc) is 2.97. The smallest absolute Gasteiger partial charge is 0.128 e. The zero-order valence-corrected chi connectivity index (χ0v) is 9.84. The van der Waals surface area contributed by atoms with E-state index in [4.69, 9.17) is 5.73 Å². The third kappa shape index (κ3) is 0.984. The van der Waals surface area contributed by atoms with Crippen molar-refractivity contribution in [1.29, 1.82) is 0 Å². The van der Waals surface area contributed by atoms with E-state index in [2.05, 4.69) is 27.1 Å². The molecule has 0 bridgehead atoms. The fraction of sp³-hybridized carbons (Fsp3) is 0.700. The lowest BCUT2D eigenvalue weighted by Crippen LogP contribution is -2.38. The lowest BCUT2D eigenvalue weighted by molar-refractivity contribution is 0.467. The second-order valence-electron chi connectivity index (χ2n) is 4.71. The highest BCUT2D eigenvalue weighted by Crippen LogP contribution is 2.63. The highest BCUT2D eigenvalue weighted by Gasteiger charge is 2.65. The van der Waals surface area contributed by atoms with Crippen LogP contribution in [-0.4, -0.2) is 15.3 Å². The first-order valence-electron chi connectivity index (χ1n) is 5.06. The summed E-state index contributed by atoms with van der Waals surface area (Å²) >= 11 is 3.42. The maximum absolute atomic E-state index is 6.34. The van der Waals surface area contributed by atoms with Gasteiger partial charge in [0.15, 0.2) is 0 Å². The summed E-state index contributed by atoms with van der Waals surface area (Å²) in [5, 5.41) is 4.34. The molecule has 0 amide bonds. The minimum Gasteiger partial charge on any atom is -0.324 e. The molecule has 1 heterocycles. The second-order valence-corrected chi connectivity index (χ2v) is 5.53. The molecule has 0 aromatic carbocycles. The maximum atomic E-state index is 6.34. The standard InChI is InChI=1S/C10H14BrN3/c1-14-7(6-8(11)13-14)9(2-3-9)10(12)4-5-10/h6H,2-5,12H2,1H3. The van der Waals surface area contributed by atoms with Crippen molar-refractivity contribution in [3.8, 4) is 0 Å². The van der Waals surface area contributed by atoms with Gasteiger partial charge in [0, 0.05) is 23.7 Å². The molecule has 0 saturated heterocycles. The summed E-state index contributed by atoms with van der Waals surface area (Å²) in [7, 11) is 2.01. The Morgan fingerprint density at radius 3 is 2.43 bits per heavy atom. The molecule has 76 valence electrons. The van der Waals surface area contributed by atoms with E-state index in [1.54, 1.807) is 0 Å². The van der Waals surface area contributed by atoms with Gasteiger partial charge < -0.3 is 5.73 Å². The molecule has 14 heavy (non-hydrogen) atoms. The summed E-state index contributed by atoms with van der Waals surface area (Å²) in [6.07, 6.45) is 4.82. The molecule has 3 nitrogen and oxygen atoms in total. The number of halogens is 1. The number of hydrogen-bond acceptors (Lipinski definition) is 2. The lowest BCUT2D eigenvalue weighted by atomic mass is 9.90. The molecule has 1 aromatic heterocycles. The van der Waals surface area contributed by atoms with Gasteiger partial charge in [-0.25, -0.2) is 0 Å². The fourth-order valence-electron chi connectivity index (χ4n) is 2.63. The van der Waals surface area contributed by atoms with Crippen LogP contribution in [0.3, 0.4) is 0 Å². The molecule has 2 N–H and O–H groups in total. The molecule has 2 aliphatic rings. The summed E-state index contributed by atoms with van der Waals surface area (Å²) in [6, 6.07) is 2.12. The van der Waals surface area contributed by atoms with Gasteiger partial charge in [-0.2, -0.15) is 5.10 Å². The van der Waals surface area contributed by atoms with E-state index in [1.807, 2.05) is 11.7 Å². The summed E-state index contributed by atoms with van der Waals surface area (Å²) in [5.41, 5.74) is 7.98. The summed E-state index contributed by atoms with van der Waals surface area (Å²) in [5.74, 6) is 0. The van der Waals surface area contributed by atoms with Crippen LogP contribution in [-0.2, 0) is 12.5 Å². The molecular formula is C10H14BrN3. The van der Waals surface area contributed by atoms with Crippen LogP contribution >= 0.6 is 15.9 Å². The Morgan fingerprint density at radius 2 is 2.07 bits per heavy atom. The number of aromatic nitrogens is 2. The van der Waals surface area contributed by atoms with Crippen LogP contribution in [0, 0.1) is 0 Å². The lowest BCUT2D eigenvalue weighted by Gasteiger charge is -2.22. The maximum Gasteiger partial charge on any atom is 0.128 e. The average molecular weight is 256 g/mol. The fourth-order valence-corrected chi connectivity index (χ4v) is 3.08. The molecule has 2 aliphatic carbocycles. The van der Waals surface area contributed by atoms with Crippen molar-refractivity contribution in [1.82, 2.24) is 9.78 Å². The van der Waals surface area contributed by atoms with Crippen LogP contribution in [0.2, 0.25) is 0 Å². The van der Waals surface area contributed by atoms with Crippen molar-refractivity contribution in [2.75, 3.05) is 0 Å². The van der Waals surface area contributed by atoms with E-state index in [9.17, 15) is 0 Å². The molecule has 0 atom stereocenters. The van der Waals surface area contributed by atoms with Crippen molar-refractivity contribution in [3.05, 3.63) is 16.4 Å². The SMILES string of the molecule is Cn1nc(Br)cc1C1(C2(N)CC2)CC1. The van der Waals surface area contributed by atoms with E-state index >= 15 is 0 Å². The van der Waals surface area contributed by atoms with Gasteiger partial charge in [0.1, 0.15) is 4.60 Å². The number of nitrogens with two attached hydrogens (primary N) is 1. The normalized spacial score (nSPS) is 26.2. The Balaban J connectivity index is 2.06. The van der Waals surface area contributed by atoms with Gasteiger partial charge >= 0.3 is 0 Å². The van der Waals surface area contributed by atoms with Gasteiger partial charge in [-0.15, -0.1) is 0 Å². The highest BCUT2D eigenvalue weighted by atomic mass is 79.9. The highest BCUT2D eigenvalue weighted by molar-refractivity contribution is 9.10. The largest absolute Gasteiger partial charge is 0.324 e. The molecule has 2 fully saturated rings. The van der Waals surface area contributed by atoms with Crippen molar-refractivity contribution in [2.24, 2.45) is 12.8 Å². The Morgan fingerprint density at radius 1 is 1.43 bits per heavy atom. The first-order chi connectivity index (χ1) is 6.57. The first-order valence-corrected chi connectivity index (χ1v) is 5.86. The second kappa shape index (κ2) is 2.42. The predicted molar refractivity (Wildman–Crippen MR) is 58.0 cm³/mol. The summed E-state index contributed by atoms with van der Waals surface area (Å²) in [4.78, 5) is 0. The van der Waals surface area contributed by atoms with E-state index in [0.717, 1.165) is 4.60 Å². The molecule has 4 heteroatoms. The zero-order valence-electron chi connectivity index (χ0n) is 8.26. The van der Waals surface area contributed by atoms with E-state index in [-0.39, 0.29) is 11.0 Å². The summed E-state index contributed by atoms with van der Waals surface area (Å²) < 4.78 is 2.90. The van der Waals surface area contributed by atoms with Gasteiger partial charge in [-0.1, -0.05) is 0 Å². The van der Waals surface area contributed by atoms with Crippen molar-refractivity contribution >= 4 is 15.9 Å². The number of nitrogens with zero attached hydrogens (tertiary/aromatic N) is 2. The Kier molecular flexibility index (Phi) is 1.54. The molecule has 1 aromatic rings. The van der Waals surface area contributed by atoms with Crippen LogP contribution in [0.1, 0.15) is 31.4 Å². The number of aryl methyl sites for hydroxylation is 1. The van der Waals surface area contributed by atoms with Crippen molar-refractivity contribution in [2.45, 2.75) is 36.6 Å². The monoisotopic (exact) mass is 255 g/mol. The first kappa shape index (κ1) is 8.92. The topological polar surface area (TPSA) is 43.8 Å². The third-order valence-electron chi connectivity index (χ3n) is 3.83. The molecule has 0 aliphatic heterocycles. The summed E-state index contributed by atoms with van der Waals surface area (Å²) in [6.45, 7) is 0. The van der Waals surface area contributed by atoms with Crippen LogP contribution in [0.25, 0.3) is 0 Å². The van der Waals surface area contributed by atoms with Crippen LogP contribution < -0.4 is 5.73 Å². The zero-order chi connectivity index (χ0) is 9.97. The Labute approximate surface area is 91.8 Å². The van der Waals surface area contributed by atoms with Gasteiger partial charge in [0.25, 0.3) is 0 Å². The Bertz CT molecular complexity index is 388. The number of rotatable bonds is 2. The molecule has 0 spiro atoms. The van der Waals surface area contributed by atoms with Crippen molar-refractivity contribution < 1.29 is 0 Å². The van der Waals surface area contributed by atoms with Crippen molar-refractivity contribution in [3.63, 3.8) is 0 Å². The van der Waals surface area contributed by atoms with Gasteiger partial charge in [0.2, 0.25) is 0 Å². The van der Waals surface area contributed by atoms with E-state index in [1.165, 1.54) is 31.4 Å². The van der Waals surface area contributed by atoms with E-state index in [0.29, 0.717) is 0 Å². The molecule has 3 rings (SSSR count). The van der Waals surface area contributed by atoms with Gasteiger partial charge in [0.05, 0.1) is 0 Å². The molecular weight excluding hydrogens is 242 g/mol. The number of hydrogen-bond donors (Lipinski definition) is 1. The van der Waals surface area contributed by atoms with Gasteiger partial charge in [-0.3, -0.25) is 4.68 Å².